The van der Waals surface area contributed by atoms with Gasteiger partial charge < -0.3 is 25.4 Å². The van der Waals surface area contributed by atoms with E-state index in [2.05, 4.69) is 24.8 Å². The summed E-state index contributed by atoms with van der Waals surface area (Å²) in [6, 6.07) is 2.02. The summed E-state index contributed by atoms with van der Waals surface area (Å²) in [4.78, 5) is 42.2. The molecule has 5 heterocycles. The maximum absolute atomic E-state index is 11.1. The Bertz CT molecular complexity index is 1320. The summed E-state index contributed by atoms with van der Waals surface area (Å²) in [5.41, 5.74) is 7.18. The van der Waals surface area contributed by atoms with Crippen LogP contribution in [-0.2, 0) is 11.3 Å². The molecule has 34 heavy (non-hydrogen) atoms. The number of aromatic nitrogens is 6. The van der Waals surface area contributed by atoms with Gasteiger partial charge in [0.1, 0.15) is 0 Å². The number of nitrogen functional groups attached to an aromatic ring is 1. The second-order valence-electron chi connectivity index (χ2n) is 7.66. The van der Waals surface area contributed by atoms with Crippen LogP contribution in [0.25, 0.3) is 21.6 Å². The van der Waals surface area contributed by atoms with Crippen molar-refractivity contribution >= 4 is 45.2 Å². The summed E-state index contributed by atoms with van der Waals surface area (Å²) in [7, 11) is 1.85. The molecule has 0 unspecified atom stereocenters. The van der Waals surface area contributed by atoms with E-state index in [4.69, 9.17) is 25.5 Å². The molecule has 5 rings (SSSR count). The van der Waals surface area contributed by atoms with Crippen molar-refractivity contribution in [2.24, 2.45) is 0 Å². The van der Waals surface area contributed by atoms with Gasteiger partial charge in [-0.3, -0.25) is 0 Å². The van der Waals surface area contributed by atoms with Gasteiger partial charge in [-0.2, -0.15) is 0 Å². The number of hydrogen-bond donors (Lipinski definition) is 2. The van der Waals surface area contributed by atoms with Crippen LogP contribution in [0.3, 0.4) is 0 Å². The van der Waals surface area contributed by atoms with Crippen molar-refractivity contribution in [1.82, 2.24) is 29.9 Å². The Morgan fingerprint density at radius 1 is 1.15 bits per heavy atom. The van der Waals surface area contributed by atoms with E-state index in [9.17, 15) is 4.79 Å². The normalized spacial score (nSPS) is 13.9. The van der Waals surface area contributed by atoms with Gasteiger partial charge in [-0.15, -0.1) is 11.3 Å². The fraction of sp³-hybridized carbons (Fsp3) is 0.286. The molecule has 1 fully saturated rings. The maximum Gasteiger partial charge on any atom is 0.338 e. The zero-order valence-corrected chi connectivity index (χ0v) is 19.1. The second-order valence-corrected chi connectivity index (χ2v) is 8.80. The molecule has 0 saturated carbocycles. The van der Waals surface area contributed by atoms with Crippen LogP contribution >= 0.6 is 11.3 Å². The molecule has 1 saturated heterocycles. The van der Waals surface area contributed by atoms with Crippen molar-refractivity contribution in [2.75, 3.05) is 48.9 Å². The Labute approximate surface area is 198 Å². The number of anilines is 3. The lowest BCUT2D eigenvalue weighted by atomic mass is 10.3. The van der Waals surface area contributed by atoms with Gasteiger partial charge in [0.25, 0.3) is 0 Å². The summed E-state index contributed by atoms with van der Waals surface area (Å²) in [5.74, 6) is 0.940. The van der Waals surface area contributed by atoms with Crippen molar-refractivity contribution in [3.05, 3.63) is 41.3 Å². The molecule has 1 aliphatic rings. The van der Waals surface area contributed by atoms with Gasteiger partial charge in [0, 0.05) is 49.8 Å². The molecule has 4 aromatic heterocycles. The summed E-state index contributed by atoms with van der Waals surface area (Å²) in [6.45, 7) is 3.27. The third-order valence-corrected chi connectivity index (χ3v) is 6.37. The minimum Gasteiger partial charge on any atom is -0.478 e. The number of aromatic carboxylic acids is 1. The molecule has 0 atom stereocenters. The molecule has 0 aromatic carbocycles. The van der Waals surface area contributed by atoms with Gasteiger partial charge >= 0.3 is 5.97 Å². The van der Waals surface area contributed by atoms with Crippen LogP contribution in [0.5, 0.6) is 0 Å². The number of carbonyl (C=O) groups is 1. The number of fused-ring (bicyclic) bond motifs is 1. The summed E-state index contributed by atoms with van der Waals surface area (Å²) < 4.78 is 6.50. The predicted octanol–water partition coefficient (Wildman–Crippen LogP) is 1.69. The predicted molar refractivity (Wildman–Crippen MR) is 127 cm³/mol. The first-order valence-corrected chi connectivity index (χ1v) is 11.3. The third kappa shape index (κ3) is 4.43. The van der Waals surface area contributed by atoms with Gasteiger partial charge in [0.05, 0.1) is 41.1 Å². The van der Waals surface area contributed by atoms with Crippen LogP contribution in [0.15, 0.2) is 30.9 Å². The lowest BCUT2D eigenvalue weighted by Crippen LogP contribution is -2.36. The zero-order valence-electron chi connectivity index (χ0n) is 18.2. The Morgan fingerprint density at radius 3 is 2.53 bits per heavy atom. The highest BCUT2D eigenvalue weighted by atomic mass is 32.1. The van der Waals surface area contributed by atoms with Crippen molar-refractivity contribution < 1.29 is 14.6 Å². The van der Waals surface area contributed by atoms with Gasteiger partial charge in [0.2, 0.25) is 11.9 Å². The van der Waals surface area contributed by atoms with Gasteiger partial charge in [0.15, 0.2) is 11.6 Å². The summed E-state index contributed by atoms with van der Waals surface area (Å²) >= 11 is 1.60. The van der Waals surface area contributed by atoms with Crippen molar-refractivity contribution in [3.63, 3.8) is 0 Å². The van der Waals surface area contributed by atoms with E-state index in [0.29, 0.717) is 37.1 Å². The smallest absolute Gasteiger partial charge is 0.338 e. The van der Waals surface area contributed by atoms with Crippen LogP contribution in [0, 0.1) is 0 Å². The fourth-order valence-corrected chi connectivity index (χ4v) is 4.71. The molecular weight excluding hydrogens is 458 g/mol. The van der Waals surface area contributed by atoms with Crippen LogP contribution in [0.4, 0.5) is 17.7 Å². The largest absolute Gasteiger partial charge is 0.478 e. The summed E-state index contributed by atoms with van der Waals surface area (Å²) in [5, 5.41) is 9.05. The minimum absolute atomic E-state index is 0.0450. The first-order valence-electron chi connectivity index (χ1n) is 10.5. The average Bonchev–Trinajstić information content (AvgIpc) is 3.26. The number of thiophene rings is 1. The number of hydrogen-bond acceptors (Lipinski definition) is 12. The zero-order chi connectivity index (χ0) is 23.7. The van der Waals surface area contributed by atoms with E-state index in [1.165, 1.54) is 12.4 Å². The van der Waals surface area contributed by atoms with E-state index in [1.54, 1.807) is 23.7 Å². The van der Waals surface area contributed by atoms with Crippen LogP contribution in [0.2, 0.25) is 0 Å². The highest BCUT2D eigenvalue weighted by Gasteiger charge is 2.21. The number of rotatable bonds is 6. The molecule has 174 valence electrons. The van der Waals surface area contributed by atoms with Crippen LogP contribution in [0.1, 0.15) is 15.2 Å². The Hall–Kier alpha value is -3.97. The number of nitrogens with two attached hydrogens (primary N) is 1. The minimum atomic E-state index is -1.06. The number of morpholine rings is 1. The van der Waals surface area contributed by atoms with Crippen molar-refractivity contribution in [3.8, 4) is 11.4 Å². The first-order chi connectivity index (χ1) is 16.5. The molecule has 0 spiro atoms. The van der Waals surface area contributed by atoms with E-state index in [-0.39, 0.29) is 11.5 Å². The van der Waals surface area contributed by atoms with Crippen LogP contribution < -0.4 is 15.5 Å². The third-order valence-electron chi connectivity index (χ3n) is 5.26. The standard InChI is InChI=1S/C21H21N9O3S/c1-29(21-25-9-13(10-26-21)19(31)32)11-14-6-15-16(34-14)18(30-2-4-33-5-3-30)28-17(27-15)12-7-23-20(22)24-8-12/h6-10H,2-5,11H2,1H3,(H,31,32)(H2,22,23,24). The maximum atomic E-state index is 11.1. The molecule has 0 radical (unpaired) electrons. The molecule has 4 aromatic rings. The van der Waals surface area contributed by atoms with E-state index in [0.717, 1.165) is 34.0 Å². The SMILES string of the molecule is CN(Cc1cc2nc(-c3cnc(N)nc3)nc(N3CCOCC3)c2s1)c1ncc(C(=O)O)cn1. The monoisotopic (exact) mass is 479 g/mol. The Morgan fingerprint density at radius 2 is 1.85 bits per heavy atom. The first kappa shape index (κ1) is 21.9. The van der Waals surface area contributed by atoms with Crippen molar-refractivity contribution in [2.45, 2.75) is 6.54 Å². The van der Waals surface area contributed by atoms with Crippen LogP contribution in [-0.4, -0.2) is 74.3 Å². The molecule has 3 N–H and O–H groups in total. The highest BCUT2D eigenvalue weighted by molar-refractivity contribution is 7.19. The molecule has 0 aliphatic carbocycles. The molecule has 0 bridgehead atoms. The number of ether oxygens (including phenoxy) is 1. The van der Waals surface area contributed by atoms with E-state index in [1.807, 2.05) is 18.0 Å². The van der Waals surface area contributed by atoms with Gasteiger partial charge in [-0.05, 0) is 6.07 Å². The second kappa shape index (κ2) is 9.11. The molecule has 0 amide bonds. The molecule has 12 nitrogen and oxygen atoms in total. The quantitative estimate of drug-likeness (QED) is 0.413. The molecule has 1 aliphatic heterocycles. The van der Waals surface area contributed by atoms with Gasteiger partial charge in [-0.25, -0.2) is 34.7 Å². The van der Waals surface area contributed by atoms with E-state index < -0.39 is 5.97 Å². The topological polar surface area (TPSA) is 156 Å². The Balaban J connectivity index is 1.50. The lowest BCUT2D eigenvalue weighted by Gasteiger charge is -2.28. The van der Waals surface area contributed by atoms with Gasteiger partial charge in [-0.1, -0.05) is 0 Å². The summed E-state index contributed by atoms with van der Waals surface area (Å²) in [6.07, 6.45) is 5.83. The Kier molecular flexibility index (Phi) is 5.86. The average molecular weight is 480 g/mol. The number of carboxylic acids is 1. The number of nitrogens with zero attached hydrogens (tertiary/aromatic N) is 8. The molecular formula is C21H21N9O3S. The van der Waals surface area contributed by atoms with Crippen molar-refractivity contribution in [1.29, 1.82) is 0 Å². The molecule has 13 heteroatoms. The fourth-order valence-electron chi connectivity index (χ4n) is 3.55. The van der Waals surface area contributed by atoms with E-state index >= 15 is 0 Å². The highest BCUT2D eigenvalue weighted by Crippen LogP contribution is 2.35. The number of carboxylic acid groups (broad SMARTS) is 1. The lowest BCUT2D eigenvalue weighted by molar-refractivity contribution is 0.0696.